The molecule has 0 unspecified atom stereocenters. The third kappa shape index (κ3) is 4.83. The van der Waals surface area contributed by atoms with Crippen LogP contribution >= 0.6 is 11.6 Å². The zero-order valence-corrected chi connectivity index (χ0v) is 17.5. The van der Waals surface area contributed by atoms with E-state index in [4.69, 9.17) is 16.9 Å². The quantitative estimate of drug-likeness (QED) is 0.611. The monoisotopic (exact) mass is 440 g/mol. The van der Waals surface area contributed by atoms with Crippen molar-refractivity contribution in [2.45, 2.75) is 11.4 Å². The van der Waals surface area contributed by atoms with Crippen molar-refractivity contribution >= 4 is 27.5 Å². The van der Waals surface area contributed by atoms with Gasteiger partial charge in [0.25, 0.3) is 5.91 Å². The molecule has 2 N–H and O–H groups in total. The molecule has 0 saturated carbocycles. The predicted octanol–water partition coefficient (Wildman–Crippen LogP) is 3.11. The minimum absolute atomic E-state index is 0.0466. The Morgan fingerprint density at radius 3 is 2.60 bits per heavy atom. The average Bonchev–Trinajstić information content (AvgIpc) is 2.78. The van der Waals surface area contributed by atoms with Gasteiger partial charge in [-0.05, 0) is 49.0 Å². The Morgan fingerprint density at radius 2 is 1.97 bits per heavy atom. The van der Waals surface area contributed by atoms with Gasteiger partial charge in [0.05, 0.1) is 27.8 Å². The van der Waals surface area contributed by atoms with E-state index in [0.717, 1.165) is 5.56 Å². The molecule has 30 heavy (non-hydrogen) atoms. The number of hydrogen-bond donors (Lipinski definition) is 2. The van der Waals surface area contributed by atoms with Gasteiger partial charge in [0.2, 0.25) is 10.0 Å². The summed E-state index contributed by atoms with van der Waals surface area (Å²) in [6.07, 6.45) is 1.45. The molecule has 9 heteroatoms. The first kappa shape index (κ1) is 21.5. The molecule has 1 heterocycles. The first-order chi connectivity index (χ1) is 14.3. The number of pyridine rings is 1. The van der Waals surface area contributed by atoms with Gasteiger partial charge in [0, 0.05) is 23.3 Å². The van der Waals surface area contributed by atoms with Crippen LogP contribution in [0.15, 0.2) is 65.7 Å². The molecular formula is C21H17ClN4O3S. The van der Waals surface area contributed by atoms with E-state index < -0.39 is 10.0 Å². The molecule has 0 aliphatic heterocycles. The zero-order chi connectivity index (χ0) is 21.7. The Morgan fingerprint density at radius 1 is 1.17 bits per heavy atom. The topological polar surface area (TPSA) is 112 Å². The smallest absolute Gasteiger partial charge is 0.253 e. The lowest BCUT2D eigenvalue weighted by molar-refractivity contribution is 0.0950. The van der Waals surface area contributed by atoms with E-state index in [1.165, 1.54) is 25.4 Å². The van der Waals surface area contributed by atoms with Crippen molar-refractivity contribution in [2.24, 2.45) is 0 Å². The summed E-state index contributed by atoms with van der Waals surface area (Å²) in [5, 5.41) is 12.0. The Balaban J connectivity index is 1.69. The third-order valence-electron chi connectivity index (χ3n) is 4.36. The Bertz CT molecular complexity index is 1240. The van der Waals surface area contributed by atoms with Crippen molar-refractivity contribution in [3.63, 3.8) is 0 Å². The van der Waals surface area contributed by atoms with E-state index in [-0.39, 0.29) is 22.4 Å². The number of nitrogens with one attached hydrogen (secondary N) is 2. The van der Waals surface area contributed by atoms with Gasteiger partial charge in [0.1, 0.15) is 0 Å². The van der Waals surface area contributed by atoms with E-state index >= 15 is 0 Å². The second-order valence-electron chi connectivity index (χ2n) is 6.27. The summed E-state index contributed by atoms with van der Waals surface area (Å²) in [4.78, 5) is 16.7. The zero-order valence-electron chi connectivity index (χ0n) is 15.9. The molecule has 3 rings (SSSR count). The van der Waals surface area contributed by atoms with Crippen molar-refractivity contribution in [3.8, 4) is 17.3 Å². The summed E-state index contributed by atoms with van der Waals surface area (Å²) in [5.41, 5.74) is 2.90. The van der Waals surface area contributed by atoms with Crippen LogP contribution < -0.4 is 10.0 Å². The molecule has 0 bridgehead atoms. The number of aromatic nitrogens is 1. The fourth-order valence-electron chi connectivity index (χ4n) is 2.68. The fraction of sp³-hybridized carbons (Fsp3) is 0.0952. The maximum absolute atomic E-state index is 12.4. The molecule has 0 saturated heterocycles. The molecule has 2 aromatic carbocycles. The van der Waals surface area contributed by atoms with E-state index in [2.05, 4.69) is 21.1 Å². The summed E-state index contributed by atoms with van der Waals surface area (Å²) in [6, 6.07) is 16.8. The maximum atomic E-state index is 12.4. The number of halogens is 1. The molecule has 0 atom stereocenters. The minimum atomic E-state index is -3.59. The van der Waals surface area contributed by atoms with Crippen LogP contribution in [0.3, 0.4) is 0 Å². The predicted molar refractivity (Wildman–Crippen MR) is 113 cm³/mol. The van der Waals surface area contributed by atoms with Crippen LogP contribution in [0.1, 0.15) is 21.5 Å². The molecular weight excluding hydrogens is 424 g/mol. The highest BCUT2D eigenvalue weighted by atomic mass is 35.5. The highest BCUT2D eigenvalue weighted by molar-refractivity contribution is 7.89. The molecule has 0 aliphatic carbocycles. The normalized spacial score (nSPS) is 11.0. The second kappa shape index (κ2) is 9.05. The van der Waals surface area contributed by atoms with Gasteiger partial charge in [-0.1, -0.05) is 29.8 Å². The Hall–Kier alpha value is -3.25. The van der Waals surface area contributed by atoms with Crippen LogP contribution in [0.5, 0.6) is 0 Å². The number of sulfonamides is 1. The lowest BCUT2D eigenvalue weighted by Crippen LogP contribution is -2.23. The Labute approximate surface area is 179 Å². The van der Waals surface area contributed by atoms with E-state index in [0.29, 0.717) is 22.4 Å². The van der Waals surface area contributed by atoms with Gasteiger partial charge < -0.3 is 5.32 Å². The lowest BCUT2D eigenvalue weighted by atomic mass is 10.1. The SMILES string of the molecule is CNS(=O)(=O)c1ccc(CNC(=O)c2ccc(-c3cccc(C#N)c3)nc2)c(Cl)c1. The van der Waals surface area contributed by atoms with Crippen molar-refractivity contribution in [1.29, 1.82) is 5.26 Å². The largest absolute Gasteiger partial charge is 0.348 e. The maximum Gasteiger partial charge on any atom is 0.253 e. The summed E-state index contributed by atoms with van der Waals surface area (Å²) in [6.45, 7) is 0.128. The van der Waals surface area contributed by atoms with E-state index in [1.54, 1.807) is 36.4 Å². The number of nitrogens with zero attached hydrogens (tertiary/aromatic N) is 2. The van der Waals surface area contributed by atoms with Crippen LogP contribution in [-0.4, -0.2) is 26.4 Å². The van der Waals surface area contributed by atoms with Crippen molar-refractivity contribution in [2.75, 3.05) is 7.05 Å². The summed E-state index contributed by atoms with van der Waals surface area (Å²) >= 11 is 6.16. The van der Waals surface area contributed by atoms with Crippen LogP contribution in [0.4, 0.5) is 0 Å². The fourth-order valence-corrected chi connectivity index (χ4v) is 3.75. The number of hydrogen-bond acceptors (Lipinski definition) is 5. The number of rotatable bonds is 6. The van der Waals surface area contributed by atoms with Gasteiger partial charge in [-0.3, -0.25) is 9.78 Å². The third-order valence-corrected chi connectivity index (χ3v) is 6.12. The number of amides is 1. The van der Waals surface area contributed by atoms with Gasteiger partial charge >= 0.3 is 0 Å². The molecule has 1 aromatic heterocycles. The number of nitriles is 1. The molecule has 0 spiro atoms. The molecule has 7 nitrogen and oxygen atoms in total. The Kier molecular flexibility index (Phi) is 6.47. The molecule has 152 valence electrons. The average molecular weight is 441 g/mol. The molecule has 0 radical (unpaired) electrons. The van der Waals surface area contributed by atoms with Gasteiger partial charge in [-0.2, -0.15) is 5.26 Å². The second-order valence-corrected chi connectivity index (χ2v) is 8.56. The van der Waals surface area contributed by atoms with Gasteiger partial charge in [-0.15, -0.1) is 0 Å². The first-order valence-electron chi connectivity index (χ1n) is 8.81. The molecule has 0 fully saturated rings. The van der Waals surface area contributed by atoms with Crippen LogP contribution in [0.25, 0.3) is 11.3 Å². The summed E-state index contributed by atoms with van der Waals surface area (Å²) in [5.74, 6) is -0.345. The van der Waals surface area contributed by atoms with Crippen LogP contribution in [0, 0.1) is 11.3 Å². The minimum Gasteiger partial charge on any atom is -0.348 e. The standard InChI is InChI=1S/C21H17ClN4O3S/c1-24-30(28,29)18-7-5-16(19(22)10-18)12-26-21(27)17-6-8-20(25-13-17)15-4-2-3-14(9-15)11-23/h2-10,13,24H,12H2,1H3,(H,26,27). The highest BCUT2D eigenvalue weighted by Gasteiger charge is 2.14. The number of carbonyl (C=O) groups excluding carboxylic acids is 1. The lowest BCUT2D eigenvalue weighted by Gasteiger charge is -2.09. The van der Waals surface area contributed by atoms with Crippen LogP contribution in [0.2, 0.25) is 5.02 Å². The van der Waals surface area contributed by atoms with Crippen LogP contribution in [-0.2, 0) is 16.6 Å². The molecule has 0 aliphatic rings. The van der Waals surface area contributed by atoms with E-state index in [1.807, 2.05) is 6.07 Å². The summed E-state index contributed by atoms with van der Waals surface area (Å²) < 4.78 is 25.9. The van der Waals surface area contributed by atoms with Gasteiger partial charge in [-0.25, -0.2) is 13.1 Å². The van der Waals surface area contributed by atoms with Crippen molar-refractivity contribution in [3.05, 3.63) is 82.5 Å². The molecule has 1 amide bonds. The number of carbonyl (C=O) groups is 1. The van der Waals surface area contributed by atoms with Gasteiger partial charge in [0.15, 0.2) is 0 Å². The molecule has 3 aromatic rings. The highest BCUT2D eigenvalue weighted by Crippen LogP contribution is 2.21. The number of benzene rings is 2. The summed E-state index contributed by atoms with van der Waals surface area (Å²) in [7, 11) is -2.27. The van der Waals surface area contributed by atoms with E-state index in [9.17, 15) is 13.2 Å². The first-order valence-corrected chi connectivity index (χ1v) is 10.7. The van der Waals surface area contributed by atoms with Crippen molar-refractivity contribution < 1.29 is 13.2 Å². The van der Waals surface area contributed by atoms with Crippen molar-refractivity contribution in [1.82, 2.24) is 15.0 Å².